The number of phenolic OH excluding ortho intramolecular Hbond substituents is 2. The van der Waals surface area contributed by atoms with E-state index >= 15 is 0 Å². The lowest BCUT2D eigenvalue weighted by molar-refractivity contribution is 0.331. The van der Waals surface area contributed by atoms with Crippen LogP contribution in [0.3, 0.4) is 0 Å². The Morgan fingerprint density at radius 1 is 0.615 bits per heavy atom. The van der Waals surface area contributed by atoms with Gasteiger partial charge in [-0.25, -0.2) is 0 Å². The average Bonchev–Trinajstić information content (AvgIpc) is 2.64. The van der Waals surface area contributed by atoms with Crippen LogP contribution in [0.25, 0.3) is 0 Å². The molecule has 0 radical (unpaired) electrons. The second kappa shape index (κ2) is 7.89. The monoisotopic (exact) mass is 612 g/mol. The third-order valence-corrected chi connectivity index (χ3v) is 8.84. The summed E-state index contributed by atoms with van der Waals surface area (Å²) in [6.07, 6.45) is 2.70. The van der Waals surface area contributed by atoms with Crippen molar-refractivity contribution in [1.82, 2.24) is 0 Å². The molecule has 26 heavy (non-hydrogen) atoms. The van der Waals surface area contributed by atoms with Crippen LogP contribution in [-0.2, 0) is 12.8 Å². The van der Waals surface area contributed by atoms with E-state index < -0.39 is 0 Å². The number of halogens is 4. The number of benzene rings is 2. The molecule has 140 valence electrons. The van der Waals surface area contributed by atoms with Crippen LogP contribution >= 0.6 is 63.7 Å². The molecule has 0 aliphatic carbocycles. The van der Waals surface area contributed by atoms with Gasteiger partial charge in [-0.3, -0.25) is 0 Å². The van der Waals surface area contributed by atoms with Crippen LogP contribution < -0.4 is 9.47 Å². The number of hydrogen-bond acceptors (Lipinski definition) is 4. The topological polar surface area (TPSA) is 58.9 Å². The van der Waals surface area contributed by atoms with E-state index in [1.165, 1.54) is 0 Å². The zero-order valence-electron chi connectivity index (χ0n) is 14.1. The van der Waals surface area contributed by atoms with Gasteiger partial charge >= 0.3 is 0 Å². The van der Waals surface area contributed by atoms with Gasteiger partial charge in [-0.15, -0.1) is 0 Å². The van der Waals surface area contributed by atoms with Gasteiger partial charge in [-0.1, -0.05) is 26.7 Å². The van der Waals surface area contributed by atoms with Crippen molar-refractivity contribution < 1.29 is 19.7 Å². The summed E-state index contributed by atoms with van der Waals surface area (Å²) in [5.41, 5.74) is 1.10. The van der Waals surface area contributed by atoms with Gasteiger partial charge in [0.1, 0.15) is 0 Å². The minimum atomic E-state index is -0.132. The molecule has 1 heterocycles. The summed E-state index contributed by atoms with van der Waals surface area (Å²) in [6, 6.07) is 0. The van der Waals surface area contributed by atoms with Crippen LogP contribution in [-0.4, -0.2) is 10.2 Å². The van der Waals surface area contributed by atoms with Crippen LogP contribution in [0.5, 0.6) is 34.5 Å². The molecular weight excluding hydrogens is 600 g/mol. The van der Waals surface area contributed by atoms with Crippen molar-refractivity contribution in [3.05, 3.63) is 29.0 Å². The van der Waals surface area contributed by atoms with Crippen LogP contribution in [0.1, 0.15) is 37.8 Å². The van der Waals surface area contributed by atoms with E-state index in [1.807, 2.05) is 13.8 Å². The molecule has 1 aliphatic rings. The first-order chi connectivity index (χ1) is 12.3. The maximum absolute atomic E-state index is 10.5. The minimum Gasteiger partial charge on any atom is -0.504 e. The fourth-order valence-corrected chi connectivity index (χ4v) is 5.14. The SMILES string of the molecule is CCCc1c(O)c(O)c(CCC)c2c1Oc1c(Br)c(Br)c(Br)c(Br)c1O2. The fraction of sp³-hybridized carbons (Fsp3) is 0.333. The highest BCUT2D eigenvalue weighted by Crippen LogP contribution is 2.60. The van der Waals surface area contributed by atoms with Crippen molar-refractivity contribution >= 4 is 63.7 Å². The maximum Gasteiger partial charge on any atom is 0.186 e. The van der Waals surface area contributed by atoms with Gasteiger partial charge in [0.15, 0.2) is 34.5 Å². The van der Waals surface area contributed by atoms with E-state index in [1.54, 1.807) is 0 Å². The summed E-state index contributed by atoms with van der Waals surface area (Å²) < 4.78 is 15.4. The summed E-state index contributed by atoms with van der Waals surface area (Å²) in [7, 11) is 0. The summed E-state index contributed by atoms with van der Waals surface area (Å²) in [6.45, 7) is 4.00. The summed E-state index contributed by atoms with van der Waals surface area (Å²) >= 11 is 14.1. The highest BCUT2D eigenvalue weighted by molar-refractivity contribution is 9.15. The van der Waals surface area contributed by atoms with Crippen molar-refractivity contribution in [2.75, 3.05) is 0 Å². The molecular formula is C18H16Br4O4. The second-order valence-corrected chi connectivity index (χ2v) is 9.10. The standard InChI is InChI=1S/C18H16Br4O4/c1-3-5-7-13(23)14(24)8(6-4-2)16-15(7)25-17-11(21)9(19)10(20)12(22)18(17)26-16/h23-24H,3-6H2,1-2H3. The van der Waals surface area contributed by atoms with Crippen LogP contribution in [0.2, 0.25) is 0 Å². The summed E-state index contributed by atoms with van der Waals surface area (Å²) in [5, 5.41) is 21.1. The maximum atomic E-state index is 10.5. The van der Waals surface area contributed by atoms with E-state index in [2.05, 4.69) is 63.7 Å². The number of fused-ring (bicyclic) bond motifs is 2. The molecule has 0 unspecified atom stereocenters. The minimum absolute atomic E-state index is 0.132. The molecule has 0 atom stereocenters. The van der Waals surface area contributed by atoms with Gasteiger partial charge in [0.25, 0.3) is 0 Å². The van der Waals surface area contributed by atoms with Crippen molar-refractivity contribution in [1.29, 1.82) is 0 Å². The number of hydrogen-bond donors (Lipinski definition) is 2. The Kier molecular flexibility index (Phi) is 6.16. The largest absolute Gasteiger partial charge is 0.504 e. The third kappa shape index (κ3) is 3.16. The predicted molar refractivity (Wildman–Crippen MR) is 115 cm³/mol. The Balaban J connectivity index is 2.31. The number of aromatic hydroxyl groups is 2. The highest BCUT2D eigenvalue weighted by atomic mass is 79.9. The molecule has 2 N–H and O–H groups in total. The quantitative estimate of drug-likeness (QED) is 0.178. The number of rotatable bonds is 4. The lowest BCUT2D eigenvalue weighted by Gasteiger charge is -2.28. The Morgan fingerprint density at radius 2 is 0.962 bits per heavy atom. The second-order valence-electron chi connectivity index (χ2n) is 5.93. The lowest BCUT2D eigenvalue weighted by Crippen LogP contribution is -2.07. The normalized spacial score (nSPS) is 12.2. The third-order valence-electron chi connectivity index (χ3n) is 4.14. The molecule has 2 aromatic carbocycles. The van der Waals surface area contributed by atoms with Gasteiger partial charge in [-0.05, 0) is 76.6 Å². The Bertz CT molecular complexity index is 824. The van der Waals surface area contributed by atoms with E-state index in [0.29, 0.717) is 55.9 Å². The van der Waals surface area contributed by atoms with Gasteiger partial charge in [-0.2, -0.15) is 0 Å². The molecule has 0 aromatic heterocycles. The summed E-state index contributed by atoms with van der Waals surface area (Å²) in [5.74, 6) is 1.66. The van der Waals surface area contributed by atoms with Crippen molar-refractivity contribution in [3.8, 4) is 34.5 Å². The average molecular weight is 616 g/mol. The molecule has 0 fully saturated rings. The van der Waals surface area contributed by atoms with Crippen molar-refractivity contribution in [2.24, 2.45) is 0 Å². The van der Waals surface area contributed by atoms with Gasteiger partial charge < -0.3 is 19.7 Å². The number of ether oxygens (including phenoxy) is 2. The van der Waals surface area contributed by atoms with E-state index in [0.717, 1.165) is 21.8 Å². The van der Waals surface area contributed by atoms with Crippen LogP contribution in [0.4, 0.5) is 0 Å². The molecule has 0 spiro atoms. The van der Waals surface area contributed by atoms with Gasteiger partial charge in [0.2, 0.25) is 0 Å². The molecule has 2 aromatic rings. The Labute approximate surface area is 185 Å². The molecule has 1 aliphatic heterocycles. The first kappa shape index (κ1) is 20.3. The number of phenols is 2. The molecule has 3 rings (SSSR count). The first-order valence-corrected chi connectivity index (χ1v) is 11.3. The van der Waals surface area contributed by atoms with E-state index in [-0.39, 0.29) is 11.5 Å². The molecule has 0 saturated carbocycles. The first-order valence-electron chi connectivity index (χ1n) is 8.14. The zero-order chi connectivity index (χ0) is 19.2. The molecule has 0 saturated heterocycles. The zero-order valence-corrected chi connectivity index (χ0v) is 20.4. The van der Waals surface area contributed by atoms with Crippen molar-refractivity contribution in [3.63, 3.8) is 0 Å². The Hall–Kier alpha value is -0.440. The van der Waals surface area contributed by atoms with Crippen molar-refractivity contribution in [2.45, 2.75) is 39.5 Å². The fourth-order valence-electron chi connectivity index (χ4n) is 2.93. The van der Waals surface area contributed by atoms with Crippen LogP contribution in [0, 0.1) is 0 Å². The Morgan fingerprint density at radius 3 is 1.27 bits per heavy atom. The molecule has 4 nitrogen and oxygen atoms in total. The summed E-state index contributed by atoms with van der Waals surface area (Å²) in [4.78, 5) is 0. The van der Waals surface area contributed by atoms with Gasteiger partial charge in [0.05, 0.1) is 17.9 Å². The lowest BCUT2D eigenvalue weighted by atomic mass is 9.98. The van der Waals surface area contributed by atoms with E-state index in [9.17, 15) is 10.2 Å². The van der Waals surface area contributed by atoms with E-state index in [4.69, 9.17) is 9.47 Å². The van der Waals surface area contributed by atoms with Gasteiger partial charge in [0, 0.05) is 11.1 Å². The predicted octanol–water partition coefficient (Wildman–Crippen LogP) is 7.95. The van der Waals surface area contributed by atoms with Crippen LogP contribution in [0.15, 0.2) is 17.9 Å². The smallest absolute Gasteiger partial charge is 0.186 e. The molecule has 8 heteroatoms. The highest BCUT2D eigenvalue weighted by Gasteiger charge is 2.34. The molecule has 0 amide bonds. The molecule has 0 bridgehead atoms.